The first-order valence-corrected chi connectivity index (χ1v) is 9.14. The minimum Gasteiger partial charge on any atom is -0.372 e. The maximum Gasteiger partial charge on any atom is 0.212 e. The maximum absolute atomic E-state index is 4.64. The molecule has 0 fully saturated rings. The first-order valence-electron chi connectivity index (χ1n) is 9.14. The van der Waals surface area contributed by atoms with Crippen LogP contribution >= 0.6 is 0 Å². The summed E-state index contributed by atoms with van der Waals surface area (Å²) in [5.74, 6) is 0. The number of aryl methyl sites for hydroxylation is 1. The predicted octanol–water partition coefficient (Wildman–Crippen LogP) is 3.98. The van der Waals surface area contributed by atoms with Gasteiger partial charge in [-0.1, -0.05) is 12.1 Å². The highest BCUT2D eigenvalue weighted by Gasteiger charge is 2.08. The molecule has 3 rings (SSSR count). The first kappa shape index (κ1) is 17.9. The van der Waals surface area contributed by atoms with Gasteiger partial charge in [-0.05, 0) is 44.2 Å². The van der Waals surface area contributed by atoms with Gasteiger partial charge in [0.05, 0.1) is 17.3 Å². The van der Waals surface area contributed by atoms with Crippen LogP contribution in [0.2, 0.25) is 0 Å². The van der Waals surface area contributed by atoms with E-state index in [-0.39, 0.29) is 0 Å². The van der Waals surface area contributed by atoms with E-state index in [0.717, 1.165) is 24.3 Å². The Morgan fingerprint density at radius 1 is 0.923 bits per heavy atom. The molecule has 4 nitrogen and oxygen atoms in total. The Hall–Kier alpha value is -2.88. The molecule has 0 radical (unpaired) electrons. The number of hydrogen-bond donors (Lipinski definition) is 0. The fraction of sp³-hybridized carbons (Fsp3) is 0.273. The monoisotopic (exact) mass is 347 g/mol. The smallest absolute Gasteiger partial charge is 0.212 e. The van der Waals surface area contributed by atoms with E-state index >= 15 is 0 Å². The van der Waals surface area contributed by atoms with Crippen molar-refractivity contribution in [1.82, 2.24) is 0 Å². The van der Waals surface area contributed by atoms with Crippen molar-refractivity contribution in [3.05, 3.63) is 66.4 Å². The normalized spacial score (nSPS) is 11.2. The van der Waals surface area contributed by atoms with E-state index < -0.39 is 0 Å². The quantitative estimate of drug-likeness (QED) is 0.382. The number of rotatable bonds is 6. The van der Waals surface area contributed by atoms with Crippen LogP contribution in [0.3, 0.4) is 0 Å². The van der Waals surface area contributed by atoms with Crippen molar-refractivity contribution in [3.8, 4) is 0 Å². The fourth-order valence-corrected chi connectivity index (χ4v) is 3.18. The van der Waals surface area contributed by atoms with Gasteiger partial charge in [-0.3, -0.25) is 5.01 Å². The molecule has 0 aliphatic rings. The average Bonchev–Trinajstić information content (AvgIpc) is 2.69. The Balaban J connectivity index is 1.82. The maximum atomic E-state index is 4.64. The summed E-state index contributed by atoms with van der Waals surface area (Å²) in [6.07, 6.45) is 4.00. The van der Waals surface area contributed by atoms with Gasteiger partial charge < -0.3 is 4.90 Å². The summed E-state index contributed by atoms with van der Waals surface area (Å²) in [7, 11) is 4.04. The molecule has 0 spiro atoms. The highest BCUT2D eigenvalue weighted by Crippen LogP contribution is 2.20. The van der Waals surface area contributed by atoms with Crippen molar-refractivity contribution < 1.29 is 4.57 Å². The highest BCUT2D eigenvalue weighted by molar-refractivity contribution is 5.97. The van der Waals surface area contributed by atoms with Crippen molar-refractivity contribution in [2.45, 2.75) is 13.8 Å². The van der Waals surface area contributed by atoms with Gasteiger partial charge in [0.15, 0.2) is 6.20 Å². The topological polar surface area (TPSA) is 22.7 Å². The third-order valence-corrected chi connectivity index (χ3v) is 4.79. The molecule has 134 valence electrons. The average molecular weight is 347 g/mol. The van der Waals surface area contributed by atoms with Gasteiger partial charge in [-0.15, -0.1) is 0 Å². The molecule has 0 amide bonds. The Bertz CT molecular complexity index is 896. The molecule has 0 atom stereocenters. The molecule has 1 aromatic heterocycles. The van der Waals surface area contributed by atoms with Gasteiger partial charge in [0.1, 0.15) is 7.05 Å². The Morgan fingerprint density at radius 3 is 2.27 bits per heavy atom. The van der Waals surface area contributed by atoms with Crippen LogP contribution in [0, 0.1) is 0 Å². The second kappa shape index (κ2) is 8.00. The lowest BCUT2D eigenvalue weighted by Gasteiger charge is -2.22. The summed E-state index contributed by atoms with van der Waals surface area (Å²) < 4.78 is 2.13. The summed E-state index contributed by atoms with van der Waals surface area (Å²) in [6.45, 7) is 6.39. The predicted molar refractivity (Wildman–Crippen MR) is 111 cm³/mol. The number of nitrogens with zero attached hydrogens (tertiary/aromatic N) is 4. The third-order valence-electron chi connectivity index (χ3n) is 4.79. The zero-order valence-electron chi connectivity index (χ0n) is 16.1. The van der Waals surface area contributed by atoms with Gasteiger partial charge in [-0.25, -0.2) is 4.57 Å². The van der Waals surface area contributed by atoms with Crippen LogP contribution < -0.4 is 14.5 Å². The molecular weight excluding hydrogens is 320 g/mol. The van der Waals surface area contributed by atoms with Crippen molar-refractivity contribution in [2.24, 2.45) is 12.1 Å². The van der Waals surface area contributed by atoms with Crippen LogP contribution in [0.1, 0.15) is 19.4 Å². The van der Waals surface area contributed by atoms with Crippen LogP contribution in [-0.4, -0.2) is 26.4 Å². The van der Waals surface area contributed by atoms with Gasteiger partial charge in [0.2, 0.25) is 5.52 Å². The van der Waals surface area contributed by atoms with Gasteiger partial charge >= 0.3 is 0 Å². The van der Waals surface area contributed by atoms with Gasteiger partial charge in [-0.2, -0.15) is 5.10 Å². The summed E-state index contributed by atoms with van der Waals surface area (Å²) in [5.41, 5.74) is 4.63. The minimum absolute atomic E-state index is 1.02. The number of hydrazone groups is 1. The summed E-state index contributed by atoms with van der Waals surface area (Å²) >= 11 is 0. The van der Waals surface area contributed by atoms with E-state index in [9.17, 15) is 0 Å². The largest absolute Gasteiger partial charge is 0.372 e. The number of fused-ring (bicyclic) bond motifs is 1. The van der Waals surface area contributed by atoms with Crippen LogP contribution in [0.5, 0.6) is 0 Å². The second-order valence-corrected chi connectivity index (χ2v) is 6.36. The molecule has 0 unspecified atom stereocenters. The van der Waals surface area contributed by atoms with Crippen LogP contribution in [0.25, 0.3) is 10.9 Å². The van der Waals surface area contributed by atoms with Crippen LogP contribution in [0.15, 0.2) is 65.9 Å². The molecule has 0 saturated heterocycles. The number of anilines is 2. The van der Waals surface area contributed by atoms with Crippen molar-refractivity contribution >= 4 is 28.5 Å². The molecule has 0 aliphatic heterocycles. The zero-order valence-corrected chi connectivity index (χ0v) is 16.1. The number of hydrogen-bond acceptors (Lipinski definition) is 3. The van der Waals surface area contributed by atoms with E-state index in [1.165, 1.54) is 16.6 Å². The Kier molecular flexibility index (Phi) is 5.52. The van der Waals surface area contributed by atoms with Crippen molar-refractivity contribution in [3.63, 3.8) is 0 Å². The lowest BCUT2D eigenvalue weighted by molar-refractivity contribution is -0.644. The fourth-order valence-electron chi connectivity index (χ4n) is 3.18. The second-order valence-electron chi connectivity index (χ2n) is 6.36. The number of aromatic nitrogens is 1. The Morgan fingerprint density at radius 2 is 1.58 bits per heavy atom. The lowest BCUT2D eigenvalue weighted by Crippen LogP contribution is -2.28. The highest BCUT2D eigenvalue weighted by atomic mass is 15.4. The molecule has 3 aromatic rings. The number of benzene rings is 2. The van der Waals surface area contributed by atoms with Gasteiger partial charge in [0.25, 0.3) is 0 Å². The Labute approximate surface area is 156 Å². The van der Waals surface area contributed by atoms with Crippen LogP contribution in [-0.2, 0) is 7.05 Å². The van der Waals surface area contributed by atoms with Crippen LogP contribution in [0.4, 0.5) is 11.4 Å². The van der Waals surface area contributed by atoms with E-state index in [1.54, 1.807) is 0 Å². The lowest BCUT2D eigenvalue weighted by atomic mass is 10.1. The molecular formula is C22H27N4+. The molecule has 2 aromatic carbocycles. The van der Waals surface area contributed by atoms with E-state index in [1.807, 2.05) is 18.3 Å². The zero-order chi connectivity index (χ0) is 18.5. The molecule has 0 bridgehead atoms. The van der Waals surface area contributed by atoms with Crippen molar-refractivity contribution in [2.75, 3.05) is 30.0 Å². The molecule has 4 heteroatoms. The van der Waals surface area contributed by atoms with E-state index in [2.05, 4.69) is 96.3 Å². The standard InChI is InChI=1S/C22H27N4/c1-5-26(6-2)20-13-11-19(12-14-20)25(4)23-17-18-15-16-24(3)22-10-8-7-9-21(18)22/h7-17H,5-6H2,1-4H3/q+1. The molecule has 0 N–H and O–H groups in total. The number of pyridine rings is 1. The number of para-hydroxylation sites is 1. The van der Waals surface area contributed by atoms with Gasteiger partial charge in [0, 0.05) is 43.5 Å². The summed E-state index contributed by atoms with van der Waals surface area (Å²) in [4.78, 5) is 2.34. The molecule has 1 heterocycles. The van der Waals surface area contributed by atoms with Crippen molar-refractivity contribution in [1.29, 1.82) is 0 Å². The first-order chi connectivity index (χ1) is 12.6. The third kappa shape index (κ3) is 3.69. The summed E-state index contributed by atoms with van der Waals surface area (Å²) in [5, 5.41) is 7.76. The molecule has 0 saturated carbocycles. The SMILES string of the molecule is CCN(CC)c1ccc(N(C)/N=C\c2cc[n+](C)c3ccccc23)cc1. The molecule has 26 heavy (non-hydrogen) atoms. The minimum atomic E-state index is 1.02. The van der Waals surface area contributed by atoms with E-state index in [4.69, 9.17) is 0 Å². The molecule has 0 aliphatic carbocycles. The van der Waals surface area contributed by atoms with E-state index in [0.29, 0.717) is 0 Å². The summed E-state index contributed by atoms with van der Waals surface area (Å²) in [6, 6.07) is 19.0.